The van der Waals surface area contributed by atoms with Crippen molar-refractivity contribution >= 4 is 6.03 Å². The number of amides is 2. The van der Waals surface area contributed by atoms with Gasteiger partial charge in [0, 0.05) is 33.4 Å². The van der Waals surface area contributed by atoms with Gasteiger partial charge in [-0.2, -0.15) is 0 Å². The highest BCUT2D eigenvalue weighted by Gasteiger charge is 2.14. The number of methoxy groups -OCH3 is 1. The van der Waals surface area contributed by atoms with Crippen LogP contribution in [0.25, 0.3) is 0 Å². The molecule has 1 aliphatic rings. The fraction of sp³-hybridized carbons (Fsp3) is 0.909. The molecule has 0 aromatic carbocycles. The first-order valence-electron chi connectivity index (χ1n) is 5.95. The Morgan fingerprint density at radius 1 is 1.44 bits per heavy atom. The number of carbonyl (C=O) groups excluding carboxylic acids is 1. The minimum Gasteiger partial charge on any atom is -0.385 e. The highest BCUT2D eigenvalue weighted by Crippen LogP contribution is 2.14. The fourth-order valence-corrected chi connectivity index (χ4v) is 1.70. The molecule has 0 aromatic heterocycles. The molecule has 1 atom stereocenters. The summed E-state index contributed by atoms with van der Waals surface area (Å²) in [6, 6.07) is -0.103. The average Bonchev–Trinajstić information content (AvgIpc) is 2.77. The predicted octanol–water partition coefficient (Wildman–Crippen LogP) is 0.891. The quantitative estimate of drug-likeness (QED) is 0.639. The summed E-state index contributed by atoms with van der Waals surface area (Å²) in [5.74, 6) is 0. The molecule has 0 aliphatic carbocycles. The lowest BCUT2D eigenvalue weighted by molar-refractivity contribution is 0.104. The summed E-state index contributed by atoms with van der Waals surface area (Å²) in [6.07, 6.45) is 4.36. The van der Waals surface area contributed by atoms with E-state index >= 15 is 0 Å². The van der Waals surface area contributed by atoms with Gasteiger partial charge in [0.1, 0.15) is 0 Å². The van der Waals surface area contributed by atoms with Gasteiger partial charge in [-0.15, -0.1) is 0 Å². The van der Waals surface area contributed by atoms with Crippen molar-refractivity contribution in [3.05, 3.63) is 0 Å². The van der Waals surface area contributed by atoms with Crippen molar-refractivity contribution in [1.82, 2.24) is 10.6 Å². The van der Waals surface area contributed by atoms with Gasteiger partial charge in [-0.3, -0.25) is 0 Å². The molecule has 0 saturated carbocycles. The number of ether oxygens (including phenoxy) is 2. The Labute approximate surface area is 96.9 Å². The van der Waals surface area contributed by atoms with E-state index in [1.807, 2.05) is 0 Å². The lowest BCUT2D eigenvalue weighted by Gasteiger charge is -2.10. The second kappa shape index (κ2) is 8.35. The lowest BCUT2D eigenvalue weighted by atomic mass is 10.2. The minimum atomic E-state index is -0.103. The maximum atomic E-state index is 11.3. The second-order valence-electron chi connectivity index (χ2n) is 3.95. The van der Waals surface area contributed by atoms with E-state index in [0.717, 1.165) is 32.3 Å². The highest BCUT2D eigenvalue weighted by molar-refractivity contribution is 5.73. The number of nitrogens with one attached hydrogen (secondary N) is 2. The SMILES string of the molecule is COCCCNC(=O)NCCC1CCCO1. The van der Waals surface area contributed by atoms with Crippen LogP contribution < -0.4 is 10.6 Å². The van der Waals surface area contributed by atoms with Crippen molar-refractivity contribution in [3.63, 3.8) is 0 Å². The predicted molar refractivity (Wildman–Crippen MR) is 61.5 cm³/mol. The van der Waals surface area contributed by atoms with Crippen molar-refractivity contribution in [2.24, 2.45) is 0 Å². The zero-order valence-corrected chi connectivity index (χ0v) is 9.96. The largest absolute Gasteiger partial charge is 0.385 e. The third-order valence-corrected chi connectivity index (χ3v) is 2.59. The van der Waals surface area contributed by atoms with Crippen LogP contribution in [0.1, 0.15) is 25.7 Å². The molecule has 1 saturated heterocycles. The van der Waals surface area contributed by atoms with E-state index in [2.05, 4.69) is 10.6 Å². The van der Waals surface area contributed by atoms with Gasteiger partial charge in [0.05, 0.1) is 6.10 Å². The Hall–Kier alpha value is -0.810. The van der Waals surface area contributed by atoms with Crippen LogP contribution in [0.5, 0.6) is 0 Å². The summed E-state index contributed by atoms with van der Waals surface area (Å²) < 4.78 is 10.3. The Morgan fingerprint density at radius 2 is 2.25 bits per heavy atom. The van der Waals surface area contributed by atoms with Crippen molar-refractivity contribution in [2.45, 2.75) is 31.8 Å². The normalized spacial score (nSPS) is 19.7. The summed E-state index contributed by atoms with van der Waals surface area (Å²) in [7, 11) is 1.65. The van der Waals surface area contributed by atoms with Gasteiger partial charge in [0.2, 0.25) is 0 Å². The fourth-order valence-electron chi connectivity index (χ4n) is 1.70. The molecule has 16 heavy (non-hydrogen) atoms. The van der Waals surface area contributed by atoms with Crippen molar-refractivity contribution in [2.75, 3.05) is 33.4 Å². The first-order chi connectivity index (χ1) is 7.83. The summed E-state index contributed by atoms with van der Waals surface area (Å²) >= 11 is 0. The molecule has 94 valence electrons. The zero-order chi connectivity index (χ0) is 11.6. The average molecular weight is 230 g/mol. The molecule has 2 N–H and O–H groups in total. The van der Waals surface area contributed by atoms with Gasteiger partial charge in [0.15, 0.2) is 0 Å². The molecule has 5 nitrogen and oxygen atoms in total. The van der Waals surface area contributed by atoms with Crippen LogP contribution in [0.2, 0.25) is 0 Å². The van der Waals surface area contributed by atoms with E-state index in [9.17, 15) is 4.79 Å². The number of hydrogen-bond acceptors (Lipinski definition) is 3. The number of rotatable bonds is 7. The molecular weight excluding hydrogens is 208 g/mol. The molecule has 1 rings (SSSR count). The van der Waals surface area contributed by atoms with Crippen LogP contribution in [-0.4, -0.2) is 45.5 Å². The summed E-state index contributed by atoms with van der Waals surface area (Å²) in [5, 5.41) is 5.59. The summed E-state index contributed by atoms with van der Waals surface area (Å²) in [6.45, 7) is 2.88. The van der Waals surface area contributed by atoms with Gasteiger partial charge in [-0.05, 0) is 25.7 Å². The molecule has 0 spiro atoms. The van der Waals surface area contributed by atoms with Gasteiger partial charge in [-0.25, -0.2) is 4.79 Å². The van der Waals surface area contributed by atoms with E-state index < -0.39 is 0 Å². The monoisotopic (exact) mass is 230 g/mol. The van der Waals surface area contributed by atoms with Crippen LogP contribution >= 0.6 is 0 Å². The van der Waals surface area contributed by atoms with Crippen molar-refractivity contribution in [1.29, 1.82) is 0 Å². The van der Waals surface area contributed by atoms with Gasteiger partial charge in [0.25, 0.3) is 0 Å². The highest BCUT2D eigenvalue weighted by atomic mass is 16.5. The molecule has 5 heteroatoms. The van der Waals surface area contributed by atoms with E-state index in [1.165, 1.54) is 0 Å². The second-order valence-corrected chi connectivity index (χ2v) is 3.95. The van der Waals surface area contributed by atoms with Crippen LogP contribution in [0, 0.1) is 0 Å². The molecule has 2 amide bonds. The maximum Gasteiger partial charge on any atom is 0.314 e. The summed E-state index contributed by atoms with van der Waals surface area (Å²) in [4.78, 5) is 11.3. The smallest absolute Gasteiger partial charge is 0.314 e. The molecule has 1 unspecified atom stereocenters. The van der Waals surface area contributed by atoms with Crippen molar-refractivity contribution < 1.29 is 14.3 Å². The van der Waals surface area contributed by atoms with Crippen molar-refractivity contribution in [3.8, 4) is 0 Å². The van der Waals surface area contributed by atoms with Gasteiger partial charge >= 0.3 is 6.03 Å². The molecular formula is C11H22N2O3. The van der Waals surface area contributed by atoms with Crippen LogP contribution in [0.15, 0.2) is 0 Å². The molecule has 1 aliphatic heterocycles. The van der Waals surface area contributed by atoms with E-state index in [1.54, 1.807) is 7.11 Å². The minimum absolute atomic E-state index is 0.103. The third kappa shape index (κ3) is 5.92. The first kappa shape index (κ1) is 13.3. The summed E-state index contributed by atoms with van der Waals surface area (Å²) in [5.41, 5.74) is 0. The molecule has 0 bridgehead atoms. The van der Waals surface area contributed by atoms with Crippen LogP contribution in [0.4, 0.5) is 4.79 Å². The third-order valence-electron chi connectivity index (χ3n) is 2.59. The molecule has 0 radical (unpaired) electrons. The van der Waals surface area contributed by atoms with Gasteiger partial charge in [-0.1, -0.05) is 0 Å². The zero-order valence-electron chi connectivity index (χ0n) is 9.96. The van der Waals surface area contributed by atoms with Crippen LogP contribution in [-0.2, 0) is 9.47 Å². The lowest BCUT2D eigenvalue weighted by Crippen LogP contribution is -2.37. The maximum absolute atomic E-state index is 11.3. The topological polar surface area (TPSA) is 59.6 Å². The molecule has 1 fully saturated rings. The first-order valence-corrected chi connectivity index (χ1v) is 5.95. The Morgan fingerprint density at radius 3 is 2.94 bits per heavy atom. The Balaban J connectivity index is 1.89. The number of hydrogen-bond donors (Lipinski definition) is 2. The molecule has 0 aromatic rings. The van der Waals surface area contributed by atoms with E-state index in [0.29, 0.717) is 25.8 Å². The van der Waals surface area contributed by atoms with Crippen LogP contribution in [0.3, 0.4) is 0 Å². The number of urea groups is 1. The Kier molecular flexibility index (Phi) is 6.92. The molecule has 1 heterocycles. The van der Waals surface area contributed by atoms with E-state index in [4.69, 9.17) is 9.47 Å². The number of carbonyl (C=O) groups is 1. The van der Waals surface area contributed by atoms with E-state index in [-0.39, 0.29) is 6.03 Å². The van der Waals surface area contributed by atoms with Gasteiger partial charge < -0.3 is 20.1 Å². The standard InChI is InChI=1S/C11H22N2O3/c1-15-8-3-6-12-11(14)13-7-5-10-4-2-9-16-10/h10H,2-9H2,1H3,(H2,12,13,14). The Bertz CT molecular complexity index is 194.